The van der Waals surface area contributed by atoms with E-state index in [9.17, 15) is 0 Å². The molecule has 0 radical (unpaired) electrons. The van der Waals surface area contributed by atoms with Crippen molar-refractivity contribution in [1.29, 1.82) is 0 Å². The Labute approximate surface area is 360 Å². The van der Waals surface area contributed by atoms with Crippen LogP contribution in [0.3, 0.4) is 0 Å². The Hall–Kier alpha value is -8.21. The number of furan rings is 1. The van der Waals surface area contributed by atoms with Gasteiger partial charge in [0, 0.05) is 27.5 Å². The van der Waals surface area contributed by atoms with E-state index >= 15 is 0 Å². The van der Waals surface area contributed by atoms with Crippen LogP contribution in [0.4, 0.5) is 0 Å². The standard InChI is InChI=1S/C58H39N3O/c1-38-14-10-21-45(34-38)49-24-8-9-25-51(49)58-60-56(47-23-12-20-44(36-47)42-30-28-41(29-31-42)39-15-4-2-5-16-39)59-57(61-58)48-32-33-52-54(37-48)62-53-27-13-26-50(55(52)53)46-22-11-19-43(35-46)40-17-6-3-7-18-40/h2-37H,1H3. The van der Waals surface area contributed by atoms with Gasteiger partial charge < -0.3 is 4.42 Å². The molecule has 292 valence electrons. The maximum Gasteiger partial charge on any atom is 0.164 e. The molecule has 0 amide bonds. The Kier molecular flexibility index (Phi) is 9.36. The molecule has 0 aliphatic rings. The summed E-state index contributed by atoms with van der Waals surface area (Å²) < 4.78 is 6.64. The first-order valence-corrected chi connectivity index (χ1v) is 20.9. The number of fused-ring (bicyclic) bond motifs is 3. The lowest BCUT2D eigenvalue weighted by Crippen LogP contribution is -2.01. The van der Waals surface area contributed by atoms with E-state index in [4.69, 9.17) is 19.4 Å². The summed E-state index contributed by atoms with van der Waals surface area (Å²) in [5.41, 5.74) is 16.8. The van der Waals surface area contributed by atoms with Crippen molar-refractivity contribution in [3.63, 3.8) is 0 Å². The SMILES string of the molecule is Cc1cccc(-c2ccccc2-c2nc(-c3cccc(-c4ccc(-c5ccccc5)cc4)c3)nc(-c3ccc4c(c3)oc3cccc(-c5cccc(-c6ccccc6)c5)c34)n2)c1. The zero-order valence-corrected chi connectivity index (χ0v) is 34.0. The first kappa shape index (κ1) is 36.8. The van der Waals surface area contributed by atoms with Crippen molar-refractivity contribution in [3.05, 3.63) is 224 Å². The fraction of sp³-hybridized carbons (Fsp3) is 0.0172. The van der Waals surface area contributed by atoms with Crippen LogP contribution in [0.2, 0.25) is 0 Å². The number of hydrogen-bond donors (Lipinski definition) is 0. The predicted molar refractivity (Wildman–Crippen MR) is 255 cm³/mol. The highest BCUT2D eigenvalue weighted by molar-refractivity contribution is 6.13. The zero-order valence-electron chi connectivity index (χ0n) is 34.0. The molecule has 4 heteroatoms. The molecule has 2 heterocycles. The fourth-order valence-electron chi connectivity index (χ4n) is 8.52. The van der Waals surface area contributed by atoms with Gasteiger partial charge in [-0.15, -0.1) is 0 Å². The van der Waals surface area contributed by atoms with Crippen LogP contribution in [-0.2, 0) is 0 Å². The second-order valence-electron chi connectivity index (χ2n) is 15.7. The van der Waals surface area contributed by atoms with Crippen LogP contribution in [0, 0.1) is 6.92 Å². The molecule has 9 aromatic carbocycles. The average molecular weight is 794 g/mol. The van der Waals surface area contributed by atoms with Gasteiger partial charge in [-0.1, -0.05) is 194 Å². The Morgan fingerprint density at radius 1 is 0.290 bits per heavy atom. The normalized spacial score (nSPS) is 11.3. The van der Waals surface area contributed by atoms with Crippen LogP contribution in [0.25, 0.3) is 112 Å². The largest absolute Gasteiger partial charge is 0.456 e. The number of aromatic nitrogens is 3. The third kappa shape index (κ3) is 7.04. The molecule has 0 spiro atoms. The summed E-state index contributed by atoms with van der Waals surface area (Å²) in [6.45, 7) is 2.12. The summed E-state index contributed by atoms with van der Waals surface area (Å²) in [5, 5.41) is 2.12. The van der Waals surface area contributed by atoms with Crippen LogP contribution in [0.5, 0.6) is 0 Å². The van der Waals surface area contributed by atoms with Gasteiger partial charge in [-0.05, 0) is 92.9 Å². The molecule has 0 fully saturated rings. The molecule has 0 aliphatic heterocycles. The van der Waals surface area contributed by atoms with E-state index in [0.717, 1.165) is 72.0 Å². The van der Waals surface area contributed by atoms with Gasteiger partial charge in [0.15, 0.2) is 17.5 Å². The van der Waals surface area contributed by atoms with E-state index in [0.29, 0.717) is 17.5 Å². The molecule has 0 atom stereocenters. The minimum Gasteiger partial charge on any atom is -0.456 e. The lowest BCUT2D eigenvalue weighted by molar-refractivity contribution is 0.669. The smallest absolute Gasteiger partial charge is 0.164 e. The Bertz CT molecular complexity index is 3410. The molecule has 62 heavy (non-hydrogen) atoms. The van der Waals surface area contributed by atoms with E-state index in [1.807, 2.05) is 24.3 Å². The molecule has 2 aromatic heterocycles. The minimum absolute atomic E-state index is 0.569. The van der Waals surface area contributed by atoms with Crippen molar-refractivity contribution < 1.29 is 4.42 Å². The van der Waals surface area contributed by atoms with Gasteiger partial charge >= 0.3 is 0 Å². The van der Waals surface area contributed by atoms with Crippen molar-refractivity contribution in [2.24, 2.45) is 0 Å². The highest BCUT2D eigenvalue weighted by atomic mass is 16.3. The number of nitrogens with zero attached hydrogens (tertiary/aromatic N) is 3. The summed E-state index contributed by atoms with van der Waals surface area (Å²) in [7, 11) is 0. The summed E-state index contributed by atoms with van der Waals surface area (Å²) in [6, 6.07) is 76.4. The number of hydrogen-bond acceptors (Lipinski definition) is 4. The molecule has 4 nitrogen and oxygen atoms in total. The Morgan fingerprint density at radius 2 is 0.742 bits per heavy atom. The van der Waals surface area contributed by atoms with Crippen LogP contribution in [0.1, 0.15) is 5.56 Å². The Balaban J connectivity index is 1.04. The molecule has 0 saturated carbocycles. The Morgan fingerprint density at radius 3 is 1.44 bits per heavy atom. The van der Waals surface area contributed by atoms with Crippen LogP contribution < -0.4 is 0 Å². The number of aryl methyl sites for hydroxylation is 1. The van der Waals surface area contributed by atoms with E-state index in [1.165, 1.54) is 27.8 Å². The van der Waals surface area contributed by atoms with Gasteiger partial charge in [0.25, 0.3) is 0 Å². The molecule has 0 aliphatic carbocycles. The quantitative estimate of drug-likeness (QED) is 0.154. The molecule has 0 N–H and O–H groups in total. The summed E-state index contributed by atoms with van der Waals surface area (Å²) in [5.74, 6) is 1.77. The third-order valence-electron chi connectivity index (χ3n) is 11.6. The second kappa shape index (κ2) is 15.8. The van der Waals surface area contributed by atoms with Crippen LogP contribution >= 0.6 is 0 Å². The van der Waals surface area contributed by atoms with Gasteiger partial charge in [0.2, 0.25) is 0 Å². The van der Waals surface area contributed by atoms with Crippen molar-refractivity contribution in [2.75, 3.05) is 0 Å². The lowest BCUT2D eigenvalue weighted by atomic mass is 9.95. The van der Waals surface area contributed by atoms with Crippen molar-refractivity contribution >= 4 is 21.9 Å². The first-order valence-electron chi connectivity index (χ1n) is 20.9. The maximum absolute atomic E-state index is 6.64. The molecule has 0 saturated heterocycles. The van der Waals surface area contributed by atoms with E-state index < -0.39 is 0 Å². The van der Waals surface area contributed by atoms with Crippen LogP contribution in [0.15, 0.2) is 223 Å². The monoisotopic (exact) mass is 793 g/mol. The van der Waals surface area contributed by atoms with Gasteiger partial charge in [-0.3, -0.25) is 0 Å². The zero-order chi connectivity index (χ0) is 41.4. The number of benzene rings is 9. The second-order valence-corrected chi connectivity index (χ2v) is 15.7. The molecule has 0 unspecified atom stereocenters. The predicted octanol–water partition coefficient (Wildman–Crippen LogP) is 15.4. The van der Waals surface area contributed by atoms with Gasteiger partial charge in [0.05, 0.1) is 0 Å². The minimum atomic E-state index is 0.569. The average Bonchev–Trinajstić information content (AvgIpc) is 3.73. The van der Waals surface area contributed by atoms with E-state index in [2.05, 4.69) is 201 Å². The van der Waals surface area contributed by atoms with Crippen molar-refractivity contribution in [2.45, 2.75) is 6.92 Å². The summed E-state index contributed by atoms with van der Waals surface area (Å²) in [6.07, 6.45) is 0. The van der Waals surface area contributed by atoms with Crippen molar-refractivity contribution in [1.82, 2.24) is 15.0 Å². The molecule has 0 bridgehead atoms. The summed E-state index contributed by atoms with van der Waals surface area (Å²) in [4.78, 5) is 15.7. The third-order valence-corrected chi connectivity index (χ3v) is 11.6. The molecule has 11 rings (SSSR count). The topological polar surface area (TPSA) is 51.8 Å². The highest BCUT2D eigenvalue weighted by Crippen LogP contribution is 2.40. The van der Waals surface area contributed by atoms with Crippen molar-refractivity contribution in [3.8, 4) is 89.8 Å². The van der Waals surface area contributed by atoms with Gasteiger partial charge in [-0.2, -0.15) is 0 Å². The fourth-order valence-corrected chi connectivity index (χ4v) is 8.52. The summed E-state index contributed by atoms with van der Waals surface area (Å²) >= 11 is 0. The number of rotatable bonds is 8. The molecular formula is C58H39N3O. The molecular weight excluding hydrogens is 755 g/mol. The first-order chi connectivity index (χ1) is 30.6. The van der Waals surface area contributed by atoms with Gasteiger partial charge in [-0.25, -0.2) is 15.0 Å². The maximum atomic E-state index is 6.64. The highest BCUT2D eigenvalue weighted by Gasteiger charge is 2.19. The van der Waals surface area contributed by atoms with E-state index in [1.54, 1.807) is 0 Å². The van der Waals surface area contributed by atoms with E-state index in [-0.39, 0.29) is 0 Å². The lowest BCUT2D eigenvalue weighted by Gasteiger charge is -2.13. The molecule has 11 aromatic rings. The van der Waals surface area contributed by atoms with Gasteiger partial charge in [0.1, 0.15) is 11.2 Å². The van der Waals surface area contributed by atoms with Crippen LogP contribution in [-0.4, -0.2) is 15.0 Å².